The molecule has 3 N–H and O–H groups in total. The molecular formula is C7H11HgO5P. The maximum absolute atomic E-state index is 10.5. The third kappa shape index (κ3) is 10.1. The Morgan fingerprint density at radius 2 is 1.64 bits per heavy atom. The summed E-state index contributed by atoms with van der Waals surface area (Å²) < 4.78 is 28.3. The predicted molar refractivity (Wildman–Crippen MR) is 46.5 cm³/mol. The van der Waals surface area contributed by atoms with Crippen LogP contribution in [-0.4, -0.2) is 12.8 Å². The molecule has 0 radical (unpaired) electrons. The van der Waals surface area contributed by atoms with Crippen molar-refractivity contribution >= 4 is 8.25 Å². The van der Waals surface area contributed by atoms with Crippen LogP contribution in [0.2, 0.25) is 0 Å². The fourth-order valence-electron chi connectivity index (χ4n) is 0.892. The van der Waals surface area contributed by atoms with E-state index in [0.717, 1.165) is 5.56 Å². The van der Waals surface area contributed by atoms with Crippen molar-refractivity contribution in [2.24, 2.45) is 0 Å². The summed E-state index contributed by atoms with van der Waals surface area (Å²) in [6, 6.07) is 9.42. The van der Waals surface area contributed by atoms with Gasteiger partial charge in [-0.1, -0.05) is 0 Å². The van der Waals surface area contributed by atoms with E-state index in [1.807, 2.05) is 30.3 Å². The van der Waals surface area contributed by atoms with Gasteiger partial charge in [0.25, 0.3) is 0 Å². The molecule has 0 unspecified atom stereocenters. The van der Waals surface area contributed by atoms with E-state index in [-0.39, 0.29) is 0 Å². The van der Waals surface area contributed by atoms with Crippen LogP contribution in [0.4, 0.5) is 0 Å². The van der Waals surface area contributed by atoms with Crippen LogP contribution >= 0.6 is 8.25 Å². The van der Waals surface area contributed by atoms with Gasteiger partial charge in [-0.25, -0.2) is 0 Å². The van der Waals surface area contributed by atoms with Crippen LogP contribution in [0.3, 0.4) is 0 Å². The summed E-state index contributed by atoms with van der Waals surface area (Å²) in [6.45, 7) is 0. The summed E-state index contributed by atoms with van der Waals surface area (Å²) >= 11 is -3.42. The summed E-state index contributed by atoms with van der Waals surface area (Å²) in [4.78, 5) is 14.3. The van der Waals surface area contributed by atoms with Crippen molar-refractivity contribution in [3.05, 3.63) is 35.9 Å². The number of rotatable bonds is 2. The molecule has 0 saturated heterocycles. The van der Waals surface area contributed by atoms with Crippen molar-refractivity contribution in [1.29, 1.82) is 0 Å². The third-order valence-corrected chi connectivity index (χ3v) is 5.25. The number of benzene rings is 1. The second-order valence-corrected chi connectivity index (χ2v) is 9.41. The fourth-order valence-corrected chi connectivity index (χ4v) is 4.11. The molecule has 0 atom stereocenters. The molecule has 0 aliphatic carbocycles. The van der Waals surface area contributed by atoms with E-state index in [1.165, 1.54) is 0 Å². The molecule has 1 aromatic carbocycles. The molecule has 0 aliphatic heterocycles. The molecule has 0 spiro atoms. The minimum absolute atomic E-state index is 0.427. The number of hydrogen-bond donors (Lipinski definition) is 3. The summed E-state index contributed by atoms with van der Waals surface area (Å²) in [7, 11) is -3.13. The van der Waals surface area contributed by atoms with E-state index < -0.39 is 31.8 Å². The Kier molecular flexibility index (Phi) is 8.42. The Labute approximate surface area is 91.4 Å². The fraction of sp³-hybridized carbons (Fsp3) is 0.143. The topological polar surface area (TPSA) is 94.8 Å². The standard InChI is InChI=1S/C7H7.Hg.H3O3P.H2O.O/c1-7-5-3-2-4-6-7;;1-4(2)3;;/h2-6H,1H2;;4H,(H2,1,2,3);1H2;/q;+1;;;/p-1. The first-order valence-corrected chi connectivity index (χ1v) is 13.9. The quantitative estimate of drug-likeness (QED) is 0.489. The molecule has 76 valence electrons. The van der Waals surface area contributed by atoms with Crippen LogP contribution in [0, 0.1) is 0 Å². The van der Waals surface area contributed by atoms with E-state index in [9.17, 15) is 2.64 Å². The van der Waals surface area contributed by atoms with E-state index in [4.69, 9.17) is 17.4 Å². The first-order valence-electron chi connectivity index (χ1n) is 4.02. The van der Waals surface area contributed by atoms with Gasteiger partial charge in [0, 0.05) is 0 Å². The SMILES string of the molecule is O=[PH](O)O.[O]=[Hg]([OH])[CH2]c1ccccc1. The van der Waals surface area contributed by atoms with Crippen LogP contribution in [0.1, 0.15) is 5.56 Å². The van der Waals surface area contributed by atoms with Gasteiger partial charge in [-0.05, 0) is 0 Å². The zero-order valence-corrected chi connectivity index (χ0v) is 14.0. The maximum atomic E-state index is 10.5. The summed E-state index contributed by atoms with van der Waals surface area (Å²) in [6.07, 6.45) is 0. The minimum atomic E-state index is -3.42. The van der Waals surface area contributed by atoms with Gasteiger partial charge in [-0.3, -0.25) is 4.57 Å². The zero-order chi connectivity index (χ0) is 11.0. The van der Waals surface area contributed by atoms with Gasteiger partial charge >= 0.3 is 77.2 Å². The van der Waals surface area contributed by atoms with E-state index in [0.29, 0.717) is 3.93 Å². The van der Waals surface area contributed by atoms with Crippen LogP contribution < -0.4 is 0 Å². The molecule has 1 rings (SSSR count). The second-order valence-electron chi connectivity index (χ2n) is 2.58. The molecule has 5 nitrogen and oxygen atoms in total. The van der Waals surface area contributed by atoms with Crippen molar-refractivity contribution in [1.82, 2.24) is 0 Å². The molecule has 0 bridgehead atoms. The Bertz CT molecular complexity index is 298. The van der Waals surface area contributed by atoms with Gasteiger partial charge in [0.1, 0.15) is 0 Å². The van der Waals surface area contributed by atoms with E-state index >= 15 is 0 Å². The van der Waals surface area contributed by atoms with Gasteiger partial charge in [-0.15, -0.1) is 0 Å². The van der Waals surface area contributed by atoms with Crippen molar-refractivity contribution in [3.8, 4) is 0 Å². The molecule has 14 heavy (non-hydrogen) atoms. The Morgan fingerprint density at radius 3 is 2.00 bits per heavy atom. The van der Waals surface area contributed by atoms with Crippen LogP contribution in [0.15, 0.2) is 30.3 Å². The Balaban J connectivity index is 0.000000364. The van der Waals surface area contributed by atoms with Crippen molar-refractivity contribution in [3.63, 3.8) is 0 Å². The van der Waals surface area contributed by atoms with Crippen molar-refractivity contribution in [2.45, 2.75) is 3.93 Å². The molecule has 0 aromatic heterocycles. The average Bonchev–Trinajstić information content (AvgIpc) is 2.03. The number of hydrogen-bond acceptors (Lipinski definition) is 2. The van der Waals surface area contributed by atoms with Gasteiger partial charge in [0.15, 0.2) is 0 Å². The first kappa shape index (κ1) is 14.1. The van der Waals surface area contributed by atoms with Crippen LogP contribution in [-0.2, 0) is 34.6 Å². The normalized spacial score (nSPS) is 8.50. The van der Waals surface area contributed by atoms with Crippen molar-refractivity contribution in [2.75, 3.05) is 0 Å². The predicted octanol–water partition coefficient (Wildman–Crippen LogP) is 0.418. The molecule has 7 heteroatoms. The van der Waals surface area contributed by atoms with Crippen LogP contribution in [0.25, 0.3) is 0 Å². The second kappa shape index (κ2) is 8.38. The molecule has 1 aromatic rings. The van der Waals surface area contributed by atoms with Gasteiger partial charge in [-0.2, -0.15) is 0 Å². The molecule has 0 fully saturated rings. The molecule has 0 saturated carbocycles. The molecule has 0 heterocycles. The van der Waals surface area contributed by atoms with E-state index in [2.05, 4.69) is 0 Å². The monoisotopic (exact) mass is 408 g/mol. The summed E-state index contributed by atoms with van der Waals surface area (Å²) in [5.74, 6) is 0. The molecular weight excluding hydrogens is 396 g/mol. The van der Waals surface area contributed by atoms with Gasteiger partial charge in [0.2, 0.25) is 0 Å². The summed E-state index contributed by atoms with van der Waals surface area (Å²) in [5.41, 5.74) is 0.983. The Hall–Kier alpha value is 0.0651. The first-order chi connectivity index (χ1) is 6.52. The van der Waals surface area contributed by atoms with E-state index in [1.54, 1.807) is 0 Å². The van der Waals surface area contributed by atoms with Gasteiger partial charge in [0.05, 0.1) is 0 Å². The molecule has 0 aliphatic rings. The van der Waals surface area contributed by atoms with Crippen LogP contribution in [0.5, 0.6) is 0 Å². The third-order valence-electron chi connectivity index (χ3n) is 1.35. The van der Waals surface area contributed by atoms with Gasteiger partial charge < -0.3 is 9.79 Å². The summed E-state index contributed by atoms with van der Waals surface area (Å²) in [5, 5.41) is 0. The Morgan fingerprint density at radius 1 is 1.21 bits per heavy atom. The van der Waals surface area contributed by atoms with Crippen molar-refractivity contribution < 1.29 is 43.5 Å². The zero-order valence-electron chi connectivity index (χ0n) is 7.46. The molecule has 0 amide bonds. The average molecular weight is 407 g/mol.